The Labute approximate surface area is 190 Å². The van der Waals surface area contributed by atoms with E-state index in [1.54, 1.807) is 28.6 Å². The fraction of sp³-hybridized carbons (Fsp3) is 0.619. The van der Waals surface area contributed by atoms with Crippen molar-refractivity contribution in [2.45, 2.75) is 51.1 Å². The van der Waals surface area contributed by atoms with Crippen LogP contribution in [0.4, 0.5) is 4.79 Å². The zero-order valence-electron chi connectivity index (χ0n) is 19.5. The second kappa shape index (κ2) is 15.1. The average Bonchev–Trinajstić information content (AvgIpc) is 2.72. The minimum atomic E-state index is -1.04. The molecule has 0 aliphatic heterocycles. The van der Waals surface area contributed by atoms with Crippen LogP contribution in [0, 0.1) is 0 Å². The van der Waals surface area contributed by atoms with Crippen LogP contribution < -0.4 is 10.6 Å². The van der Waals surface area contributed by atoms with E-state index in [2.05, 4.69) is 23.8 Å². The summed E-state index contributed by atoms with van der Waals surface area (Å²) in [5.41, 5.74) is -1.74. The standard InChI is InChI=1S/C21H35BN2O8/c1-6-16(25)29-14-11-23-18(27)20(3,4)31-13-9-8-10-21(5,22)32-19(28)24-12-15-30-17(26)7-2/h6-7H,1-2,8-15,22H2,3-5H3,(H,23,27)(H,24,28). The number of rotatable bonds is 16. The van der Waals surface area contributed by atoms with Crippen molar-refractivity contribution in [1.82, 2.24) is 10.6 Å². The van der Waals surface area contributed by atoms with Crippen molar-refractivity contribution in [3.05, 3.63) is 25.3 Å². The zero-order chi connectivity index (χ0) is 24.6. The Morgan fingerprint density at radius 2 is 1.41 bits per heavy atom. The van der Waals surface area contributed by atoms with E-state index in [0.717, 1.165) is 12.2 Å². The first-order valence-electron chi connectivity index (χ1n) is 10.4. The second-order valence-corrected chi connectivity index (χ2v) is 7.89. The van der Waals surface area contributed by atoms with Gasteiger partial charge in [0, 0.05) is 18.8 Å². The largest absolute Gasteiger partial charge is 0.461 e. The zero-order valence-corrected chi connectivity index (χ0v) is 19.5. The van der Waals surface area contributed by atoms with Gasteiger partial charge in [-0.05, 0) is 40.0 Å². The maximum absolute atomic E-state index is 12.2. The van der Waals surface area contributed by atoms with Crippen LogP contribution in [0.25, 0.3) is 0 Å². The highest BCUT2D eigenvalue weighted by atomic mass is 16.6. The van der Waals surface area contributed by atoms with E-state index >= 15 is 0 Å². The lowest BCUT2D eigenvalue weighted by Crippen LogP contribution is -2.45. The summed E-state index contributed by atoms with van der Waals surface area (Å²) in [5.74, 6) is -1.42. The number of nitrogens with one attached hydrogen (secondary N) is 2. The van der Waals surface area contributed by atoms with Crippen molar-refractivity contribution in [1.29, 1.82) is 0 Å². The first kappa shape index (κ1) is 29.2. The van der Waals surface area contributed by atoms with Crippen LogP contribution in [0.2, 0.25) is 0 Å². The number of carbonyl (C=O) groups excluding carboxylic acids is 4. The fourth-order valence-electron chi connectivity index (χ4n) is 2.34. The van der Waals surface area contributed by atoms with Crippen molar-refractivity contribution in [3.8, 4) is 0 Å². The van der Waals surface area contributed by atoms with E-state index in [0.29, 0.717) is 25.9 Å². The summed E-state index contributed by atoms with van der Waals surface area (Å²) in [4.78, 5) is 45.9. The van der Waals surface area contributed by atoms with Crippen LogP contribution >= 0.6 is 0 Å². The molecule has 0 rings (SSSR count). The molecule has 0 aromatic heterocycles. The smallest absolute Gasteiger partial charge is 0.407 e. The summed E-state index contributed by atoms with van der Waals surface area (Å²) in [5, 5.41) is 5.16. The van der Waals surface area contributed by atoms with E-state index < -0.39 is 29.1 Å². The Hall–Kier alpha value is -2.82. The number of alkyl carbamates (subject to hydrolysis) is 1. The van der Waals surface area contributed by atoms with E-state index in [1.807, 2.05) is 0 Å². The van der Waals surface area contributed by atoms with Crippen molar-refractivity contribution in [2.75, 3.05) is 32.9 Å². The quantitative estimate of drug-likeness (QED) is 0.114. The summed E-state index contributed by atoms with van der Waals surface area (Å²) >= 11 is 0. The Morgan fingerprint density at radius 3 is 1.94 bits per heavy atom. The minimum absolute atomic E-state index is 0.0288. The van der Waals surface area contributed by atoms with E-state index in [1.165, 1.54) is 0 Å². The van der Waals surface area contributed by atoms with E-state index in [-0.39, 0.29) is 32.2 Å². The summed E-state index contributed by atoms with van der Waals surface area (Å²) in [6.07, 6.45) is 3.47. The number of carbonyl (C=O) groups is 4. The van der Waals surface area contributed by atoms with Crippen molar-refractivity contribution in [2.24, 2.45) is 0 Å². The lowest BCUT2D eigenvalue weighted by molar-refractivity contribution is -0.144. The molecule has 0 fully saturated rings. The topological polar surface area (TPSA) is 129 Å². The maximum atomic E-state index is 12.2. The fourth-order valence-corrected chi connectivity index (χ4v) is 2.34. The van der Waals surface area contributed by atoms with Crippen molar-refractivity contribution in [3.63, 3.8) is 0 Å². The molecule has 32 heavy (non-hydrogen) atoms. The summed E-state index contributed by atoms with van der Waals surface area (Å²) in [6, 6.07) is 0. The molecule has 0 saturated heterocycles. The van der Waals surface area contributed by atoms with Gasteiger partial charge in [0.2, 0.25) is 0 Å². The number of unbranched alkanes of at least 4 members (excludes halogenated alkanes) is 1. The normalized spacial score (nSPS) is 12.6. The first-order chi connectivity index (χ1) is 14.9. The van der Waals surface area contributed by atoms with Crippen LogP contribution in [-0.2, 0) is 33.3 Å². The first-order valence-corrected chi connectivity index (χ1v) is 10.4. The van der Waals surface area contributed by atoms with Crippen LogP contribution in [0.15, 0.2) is 25.3 Å². The molecule has 1 unspecified atom stereocenters. The highest BCUT2D eigenvalue weighted by Gasteiger charge is 2.28. The predicted molar refractivity (Wildman–Crippen MR) is 121 cm³/mol. The number of hydrogen-bond donors (Lipinski definition) is 2. The van der Waals surface area contributed by atoms with Crippen molar-refractivity contribution < 1.29 is 38.1 Å². The van der Waals surface area contributed by atoms with Crippen LogP contribution in [0.3, 0.4) is 0 Å². The van der Waals surface area contributed by atoms with Gasteiger partial charge in [0.15, 0.2) is 7.85 Å². The Balaban J connectivity index is 4.04. The minimum Gasteiger partial charge on any atom is -0.461 e. The molecule has 2 N–H and O–H groups in total. The molecule has 0 saturated carbocycles. The molecule has 2 amide bonds. The third-order valence-electron chi connectivity index (χ3n) is 4.13. The number of ether oxygens (including phenoxy) is 4. The highest BCUT2D eigenvalue weighted by Crippen LogP contribution is 2.16. The molecular formula is C21H35BN2O8. The maximum Gasteiger partial charge on any atom is 0.407 e. The van der Waals surface area contributed by atoms with Gasteiger partial charge in [0.05, 0.1) is 18.6 Å². The molecule has 0 spiro atoms. The lowest BCUT2D eigenvalue weighted by atomic mass is 9.79. The molecule has 10 nitrogen and oxygen atoms in total. The monoisotopic (exact) mass is 454 g/mol. The van der Waals surface area contributed by atoms with Gasteiger partial charge in [0.1, 0.15) is 18.8 Å². The van der Waals surface area contributed by atoms with Gasteiger partial charge in [-0.2, -0.15) is 0 Å². The van der Waals surface area contributed by atoms with E-state index in [9.17, 15) is 19.2 Å². The molecular weight excluding hydrogens is 419 g/mol. The highest BCUT2D eigenvalue weighted by molar-refractivity contribution is 6.14. The summed E-state index contributed by atoms with van der Waals surface area (Å²) in [6.45, 7) is 12.4. The lowest BCUT2D eigenvalue weighted by Gasteiger charge is -2.26. The van der Waals surface area contributed by atoms with Gasteiger partial charge in [-0.3, -0.25) is 4.79 Å². The third kappa shape index (κ3) is 14.2. The van der Waals surface area contributed by atoms with Crippen LogP contribution in [-0.4, -0.2) is 75.8 Å². The molecule has 180 valence electrons. The molecule has 0 radical (unpaired) electrons. The SMILES string of the molecule is BC(C)(CCCCOC(C)(C)C(=O)NCCOC(=O)C=C)OC(=O)NCCOC(=O)C=C. The van der Waals surface area contributed by atoms with Crippen LogP contribution in [0.1, 0.15) is 40.0 Å². The van der Waals surface area contributed by atoms with Crippen LogP contribution in [0.5, 0.6) is 0 Å². The van der Waals surface area contributed by atoms with Gasteiger partial charge in [-0.25, -0.2) is 14.4 Å². The molecule has 0 aliphatic rings. The van der Waals surface area contributed by atoms with Gasteiger partial charge in [0.25, 0.3) is 5.91 Å². The molecule has 1 atom stereocenters. The molecule has 0 aliphatic carbocycles. The molecule has 0 bridgehead atoms. The third-order valence-corrected chi connectivity index (χ3v) is 4.13. The molecule has 0 aromatic rings. The van der Waals surface area contributed by atoms with Gasteiger partial charge >= 0.3 is 18.0 Å². The Bertz CT molecular complexity index is 664. The number of hydrogen-bond acceptors (Lipinski definition) is 8. The Morgan fingerprint density at radius 1 is 0.875 bits per heavy atom. The van der Waals surface area contributed by atoms with Gasteiger partial charge < -0.3 is 29.6 Å². The van der Waals surface area contributed by atoms with Gasteiger partial charge in [-0.1, -0.05) is 13.2 Å². The van der Waals surface area contributed by atoms with Gasteiger partial charge in [-0.15, -0.1) is 0 Å². The summed E-state index contributed by atoms with van der Waals surface area (Å²) in [7, 11) is 1.79. The van der Waals surface area contributed by atoms with Crippen molar-refractivity contribution >= 4 is 31.8 Å². The molecule has 0 aromatic carbocycles. The Kier molecular flexibility index (Phi) is 13.7. The second-order valence-electron chi connectivity index (χ2n) is 7.89. The summed E-state index contributed by atoms with van der Waals surface area (Å²) < 4.78 is 20.6. The predicted octanol–water partition coefficient (Wildman–Crippen LogP) is 0.602. The average molecular weight is 454 g/mol. The number of amides is 2. The number of esters is 2. The van der Waals surface area contributed by atoms with E-state index in [4.69, 9.17) is 18.9 Å². The molecule has 0 heterocycles. The molecule has 11 heteroatoms.